The first kappa shape index (κ1) is 17.8. The van der Waals surface area contributed by atoms with Gasteiger partial charge in [0.15, 0.2) is 0 Å². The third-order valence-electron chi connectivity index (χ3n) is 4.99. The van der Waals surface area contributed by atoms with Gasteiger partial charge in [-0.25, -0.2) is 4.79 Å². The van der Waals surface area contributed by atoms with E-state index in [1.807, 2.05) is 30.5 Å². The molecule has 130 valence electrons. The van der Waals surface area contributed by atoms with Crippen molar-refractivity contribution in [2.45, 2.75) is 59.1 Å². The molecule has 23 heavy (non-hydrogen) atoms. The van der Waals surface area contributed by atoms with E-state index < -0.39 is 0 Å². The second-order valence-corrected chi connectivity index (χ2v) is 6.69. The highest BCUT2D eigenvalue weighted by atomic mass is 16.5. The van der Waals surface area contributed by atoms with Crippen molar-refractivity contribution >= 4 is 6.03 Å². The maximum atomic E-state index is 12.7. The van der Waals surface area contributed by atoms with E-state index in [0.717, 1.165) is 29.8 Å². The highest BCUT2D eigenvalue weighted by Crippen LogP contribution is 2.25. The molecule has 0 spiro atoms. The zero-order valence-electron chi connectivity index (χ0n) is 15.3. The lowest BCUT2D eigenvalue weighted by Gasteiger charge is -2.40. The standard InChI is InChI=1S/C17H30N4O2/c1-7-14(15-12(3)19-20(6)13(15)4)18-16(22)21-9-10-23-17(5,8-2)11-21/h14H,7-11H2,1-6H3,(H,18,22). The number of amides is 2. The highest BCUT2D eigenvalue weighted by Gasteiger charge is 2.33. The molecule has 1 N–H and O–H groups in total. The number of carbonyl (C=O) groups excluding carboxylic acids is 1. The fraction of sp³-hybridized carbons (Fsp3) is 0.765. The number of aromatic nitrogens is 2. The summed E-state index contributed by atoms with van der Waals surface area (Å²) in [7, 11) is 1.94. The van der Waals surface area contributed by atoms with Gasteiger partial charge in [0.1, 0.15) is 0 Å². The molecule has 1 aromatic heterocycles. The summed E-state index contributed by atoms with van der Waals surface area (Å²) in [6.45, 7) is 12.2. The number of hydrogen-bond donors (Lipinski definition) is 1. The van der Waals surface area contributed by atoms with Crippen LogP contribution >= 0.6 is 0 Å². The second kappa shape index (κ2) is 6.91. The molecule has 0 saturated carbocycles. The van der Waals surface area contributed by atoms with Crippen molar-refractivity contribution in [2.75, 3.05) is 19.7 Å². The summed E-state index contributed by atoms with van der Waals surface area (Å²) in [5, 5.41) is 7.66. The van der Waals surface area contributed by atoms with Crippen LogP contribution in [-0.4, -0.2) is 46.0 Å². The fourth-order valence-electron chi connectivity index (χ4n) is 3.23. The van der Waals surface area contributed by atoms with Crippen LogP contribution < -0.4 is 5.32 Å². The van der Waals surface area contributed by atoms with Crippen LogP contribution in [0.3, 0.4) is 0 Å². The lowest BCUT2D eigenvalue weighted by Crippen LogP contribution is -2.54. The number of aryl methyl sites for hydroxylation is 2. The van der Waals surface area contributed by atoms with Crippen LogP contribution in [0.4, 0.5) is 4.79 Å². The van der Waals surface area contributed by atoms with Gasteiger partial charge >= 0.3 is 6.03 Å². The molecule has 1 saturated heterocycles. The average Bonchev–Trinajstić information content (AvgIpc) is 2.78. The topological polar surface area (TPSA) is 59.4 Å². The number of hydrogen-bond acceptors (Lipinski definition) is 3. The number of ether oxygens (including phenoxy) is 1. The van der Waals surface area contributed by atoms with E-state index in [0.29, 0.717) is 19.7 Å². The maximum absolute atomic E-state index is 12.7. The van der Waals surface area contributed by atoms with E-state index in [4.69, 9.17) is 4.74 Å². The van der Waals surface area contributed by atoms with Crippen molar-refractivity contribution in [1.29, 1.82) is 0 Å². The van der Waals surface area contributed by atoms with Gasteiger partial charge in [-0.1, -0.05) is 13.8 Å². The molecule has 2 heterocycles. The Labute approximate surface area is 139 Å². The molecule has 1 aliphatic rings. The van der Waals surface area contributed by atoms with E-state index in [2.05, 4.69) is 31.2 Å². The summed E-state index contributed by atoms with van der Waals surface area (Å²) >= 11 is 0. The minimum absolute atomic E-state index is 0.00747. The first-order valence-corrected chi connectivity index (χ1v) is 8.50. The number of urea groups is 1. The minimum atomic E-state index is -0.239. The molecule has 2 atom stereocenters. The molecule has 6 nitrogen and oxygen atoms in total. The molecule has 2 unspecified atom stereocenters. The van der Waals surface area contributed by atoms with Crippen LogP contribution in [0.15, 0.2) is 0 Å². The van der Waals surface area contributed by atoms with Crippen LogP contribution in [0.2, 0.25) is 0 Å². The number of carbonyl (C=O) groups is 1. The summed E-state index contributed by atoms with van der Waals surface area (Å²) in [6, 6.07) is -0.0191. The van der Waals surface area contributed by atoms with Gasteiger partial charge in [0.25, 0.3) is 0 Å². The zero-order valence-corrected chi connectivity index (χ0v) is 15.3. The molecule has 1 fully saturated rings. The quantitative estimate of drug-likeness (QED) is 0.927. The van der Waals surface area contributed by atoms with Crippen LogP contribution in [0.1, 0.15) is 56.6 Å². The molecule has 0 bridgehead atoms. The van der Waals surface area contributed by atoms with Crippen molar-refractivity contribution in [2.24, 2.45) is 7.05 Å². The summed E-state index contributed by atoms with van der Waals surface area (Å²) < 4.78 is 7.69. The second-order valence-electron chi connectivity index (χ2n) is 6.69. The Morgan fingerprint density at radius 2 is 2.13 bits per heavy atom. The van der Waals surface area contributed by atoms with Crippen molar-refractivity contribution < 1.29 is 9.53 Å². The van der Waals surface area contributed by atoms with Gasteiger partial charge in [-0.2, -0.15) is 5.10 Å². The van der Waals surface area contributed by atoms with E-state index in [-0.39, 0.29) is 17.7 Å². The van der Waals surface area contributed by atoms with Gasteiger partial charge in [-0.05, 0) is 33.6 Å². The van der Waals surface area contributed by atoms with Crippen LogP contribution in [0.5, 0.6) is 0 Å². The van der Waals surface area contributed by atoms with E-state index in [1.54, 1.807) is 0 Å². The Morgan fingerprint density at radius 3 is 2.65 bits per heavy atom. The number of nitrogens with zero attached hydrogens (tertiary/aromatic N) is 3. The lowest BCUT2D eigenvalue weighted by atomic mass is 10.0. The van der Waals surface area contributed by atoms with Gasteiger partial charge < -0.3 is 15.0 Å². The average molecular weight is 322 g/mol. The SMILES string of the molecule is CCC(NC(=O)N1CCOC(C)(CC)C1)c1c(C)nn(C)c1C. The smallest absolute Gasteiger partial charge is 0.318 e. The molecule has 1 aromatic rings. The minimum Gasteiger partial charge on any atom is -0.372 e. The largest absolute Gasteiger partial charge is 0.372 e. The molecule has 0 radical (unpaired) electrons. The molecule has 2 amide bonds. The monoisotopic (exact) mass is 322 g/mol. The summed E-state index contributed by atoms with van der Waals surface area (Å²) in [4.78, 5) is 14.6. The number of nitrogens with one attached hydrogen (secondary N) is 1. The normalized spacial score (nSPS) is 23.0. The summed E-state index contributed by atoms with van der Waals surface area (Å²) in [5.74, 6) is 0. The first-order chi connectivity index (χ1) is 10.8. The Bertz CT molecular complexity index is 569. The van der Waals surface area contributed by atoms with Crippen LogP contribution in [0, 0.1) is 13.8 Å². The highest BCUT2D eigenvalue weighted by molar-refractivity contribution is 5.75. The Balaban J connectivity index is 2.11. The van der Waals surface area contributed by atoms with Crippen molar-refractivity contribution in [3.05, 3.63) is 17.0 Å². The Morgan fingerprint density at radius 1 is 1.43 bits per heavy atom. The van der Waals surface area contributed by atoms with Gasteiger partial charge in [0, 0.05) is 24.8 Å². The van der Waals surface area contributed by atoms with Crippen molar-refractivity contribution in [1.82, 2.24) is 20.0 Å². The summed E-state index contributed by atoms with van der Waals surface area (Å²) in [6.07, 6.45) is 1.74. The Kier molecular flexibility index (Phi) is 5.34. The zero-order chi connectivity index (χ0) is 17.2. The molecule has 2 rings (SSSR count). The lowest BCUT2D eigenvalue weighted by molar-refractivity contribution is -0.0874. The molecule has 6 heteroatoms. The van der Waals surface area contributed by atoms with Gasteiger partial charge in [0.05, 0.1) is 30.5 Å². The molecule has 0 aromatic carbocycles. The Hall–Kier alpha value is -1.56. The van der Waals surface area contributed by atoms with E-state index in [9.17, 15) is 4.79 Å². The predicted molar refractivity (Wildman–Crippen MR) is 90.5 cm³/mol. The molecule has 0 aliphatic carbocycles. The van der Waals surface area contributed by atoms with Crippen LogP contribution in [0.25, 0.3) is 0 Å². The summed E-state index contributed by atoms with van der Waals surface area (Å²) in [5.41, 5.74) is 2.99. The van der Waals surface area contributed by atoms with E-state index in [1.165, 1.54) is 0 Å². The van der Waals surface area contributed by atoms with Crippen molar-refractivity contribution in [3.63, 3.8) is 0 Å². The van der Waals surface area contributed by atoms with Crippen LogP contribution in [-0.2, 0) is 11.8 Å². The molecule has 1 aliphatic heterocycles. The molecular formula is C17H30N4O2. The number of morpholine rings is 1. The van der Waals surface area contributed by atoms with E-state index >= 15 is 0 Å². The van der Waals surface area contributed by atoms with Gasteiger partial charge in [-0.15, -0.1) is 0 Å². The maximum Gasteiger partial charge on any atom is 0.318 e. The third-order valence-corrected chi connectivity index (χ3v) is 4.99. The predicted octanol–water partition coefficient (Wildman–Crippen LogP) is 2.70. The molecular weight excluding hydrogens is 292 g/mol. The number of rotatable bonds is 4. The van der Waals surface area contributed by atoms with Gasteiger partial charge in [0.2, 0.25) is 0 Å². The first-order valence-electron chi connectivity index (χ1n) is 8.50. The van der Waals surface area contributed by atoms with Gasteiger partial charge in [-0.3, -0.25) is 4.68 Å². The fourth-order valence-corrected chi connectivity index (χ4v) is 3.23. The third kappa shape index (κ3) is 3.68. The van der Waals surface area contributed by atoms with Crippen molar-refractivity contribution in [3.8, 4) is 0 Å².